The molecule has 5 atom stereocenters. The fourth-order valence-corrected chi connectivity index (χ4v) is 9.22. The number of alkyl halides is 1. The van der Waals surface area contributed by atoms with Crippen LogP contribution >= 0.6 is 23.2 Å². The van der Waals surface area contributed by atoms with Gasteiger partial charge < -0.3 is 10.0 Å². The maximum Gasteiger partial charge on any atom is 0.188 e. The minimum atomic E-state index is -0.935. The van der Waals surface area contributed by atoms with Crippen LogP contribution in [0.5, 0.6) is 0 Å². The number of benzene rings is 1. The molecule has 0 spiro atoms. The van der Waals surface area contributed by atoms with Gasteiger partial charge in [-0.25, -0.2) is 0 Å². The Balaban J connectivity index is 1.14. The number of carbonyl (C=O) groups excluding carboxylic acids is 1. The van der Waals surface area contributed by atoms with Gasteiger partial charge in [0.2, 0.25) is 0 Å². The number of piperidine rings is 1. The zero-order valence-corrected chi connectivity index (χ0v) is 26.7. The van der Waals surface area contributed by atoms with Gasteiger partial charge in [0, 0.05) is 38.9 Å². The van der Waals surface area contributed by atoms with Crippen molar-refractivity contribution in [2.24, 2.45) is 11.3 Å². The first-order valence-electron chi connectivity index (χ1n) is 16.0. The molecular formula is C39H37Cl2NO2. The molecule has 44 heavy (non-hydrogen) atoms. The van der Waals surface area contributed by atoms with Crippen LogP contribution in [0, 0.1) is 11.3 Å². The molecule has 0 bridgehead atoms. The predicted molar refractivity (Wildman–Crippen MR) is 180 cm³/mol. The Hall–Kier alpha value is -3.11. The molecule has 0 saturated carbocycles. The van der Waals surface area contributed by atoms with Crippen LogP contribution in [0.3, 0.4) is 0 Å². The molecule has 1 aliphatic heterocycles. The molecule has 3 nitrogen and oxygen atoms in total. The van der Waals surface area contributed by atoms with Gasteiger partial charge in [0.1, 0.15) is 6.10 Å². The van der Waals surface area contributed by atoms with E-state index in [0.29, 0.717) is 34.6 Å². The summed E-state index contributed by atoms with van der Waals surface area (Å²) in [6.45, 7) is 4.82. The third kappa shape index (κ3) is 4.30. The zero-order valence-electron chi connectivity index (χ0n) is 25.2. The molecule has 8 rings (SSSR count). The Kier molecular flexibility index (Phi) is 6.75. The third-order valence-corrected chi connectivity index (χ3v) is 11.8. The molecule has 224 valence electrons. The van der Waals surface area contributed by atoms with Crippen LogP contribution in [0.25, 0.3) is 12.2 Å². The molecule has 1 aromatic carbocycles. The lowest BCUT2D eigenvalue weighted by Crippen LogP contribution is -2.51. The smallest absolute Gasteiger partial charge is 0.188 e. The maximum absolute atomic E-state index is 13.6. The van der Waals surface area contributed by atoms with E-state index >= 15 is 0 Å². The maximum atomic E-state index is 13.6. The molecule has 1 saturated heterocycles. The van der Waals surface area contributed by atoms with Crippen LogP contribution in [0.1, 0.15) is 75.0 Å². The number of likely N-dealkylation sites (tertiary alicyclic amines) is 1. The summed E-state index contributed by atoms with van der Waals surface area (Å²) in [5.41, 5.74) is 10.6. The summed E-state index contributed by atoms with van der Waals surface area (Å²) in [4.78, 5) is 16.2. The highest BCUT2D eigenvalue weighted by atomic mass is 35.5. The van der Waals surface area contributed by atoms with Gasteiger partial charge in [0.15, 0.2) is 5.78 Å². The predicted octanol–water partition coefficient (Wildman–Crippen LogP) is 9.05. The van der Waals surface area contributed by atoms with Gasteiger partial charge in [-0.05, 0) is 102 Å². The van der Waals surface area contributed by atoms with E-state index < -0.39 is 6.10 Å². The summed E-state index contributed by atoms with van der Waals surface area (Å²) in [5.74, 6) is 0.389. The Morgan fingerprint density at radius 2 is 1.95 bits per heavy atom. The van der Waals surface area contributed by atoms with Gasteiger partial charge in [-0.2, -0.15) is 0 Å². The number of rotatable bonds is 2. The topological polar surface area (TPSA) is 40.5 Å². The van der Waals surface area contributed by atoms with E-state index in [0.717, 1.165) is 36.8 Å². The number of hydrogen-bond acceptors (Lipinski definition) is 3. The Morgan fingerprint density at radius 1 is 1.11 bits per heavy atom. The first-order valence-corrected chi connectivity index (χ1v) is 16.8. The number of ketones is 1. The van der Waals surface area contributed by atoms with Gasteiger partial charge in [-0.15, -0.1) is 11.6 Å². The van der Waals surface area contributed by atoms with Crippen molar-refractivity contribution in [3.8, 4) is 0 Å². The van der Waals surface area contributed by atoms with Crippen LogP contribution in [-0.2, 0) is 4.79 Å². The number of aliphatic hydroxyl groups excluding tert-OH is 1. The van der Waals surface area contributed by atoms with Gasteiger partial charge >= 0.3 is 0 Å². The van der Waals surface area contributed by atoms with Crippen LogP contribution in [0.4, 0.5) is 0 Å². The Morgan fingerprint density at radius 3 is 2.77 bits per heavy atom. The average Bonchev–Trinajstić information content (AvgIpc) is 3.24. The minimum absolute atomic E-state index is 0.0395. The molecule has 0 amide bonds. The highest BCUT2D eigenvalue weighted by Gasteiger charge is 2.50. The zero-order chi connectivity index (χ0) is 30.3. The lowest BCUT2D eigenvalue weighted by molar-refractivity contribution is -0.112. The molecule has 7 aliphatic rings. The molecule has 5 unspecified atom stereocenters. The monoisotopic (exact) mass is 621 g/mol. The van der Waals surface area contributed by atoms with E-state index in [1.54, 1.807) is 0 Å². The van der Waals surface area contributed by atoms with E-state index in [1.165, 1.54) is 28.1 Å². The number of aliphatic hydroxyl groups is 1. The second-order valence-corrected chi connectivity index (χ2v) is 14.7. The lowest BCUT2D eigenvalue weighted by atomic mass is 9.59. The van der Waals surface area contributed by atoms with Crippen LogP contribution < -0.4 is 0 Å². The molecule has 1 heterocycles. The molecule has 0 radical (unpaired) electrons. The summed E-state index contributed by atoms with van der Waals surface area (Å²) < 4.78 is 0. The fourth-order valence-electron chi connectivity index (χ4n) is 8.72. The van der Waals surface area contributed by atoms with E-state index in [2.05, 4.69) is 79.5 Å². The van der Waals surface area contributed by atoms with Crippen molar-refractivity contribution in [2.75, 3.05) is 0 Å². The average molecular weight is 623 g/mol. The summed E-state index contributed by atoms with van der Waals surface area (Å²) >= 11 is 12.8. The number of hydrogen-bond donors (Lipinski definition) is 1. The van der Waals surface area contributed by atoms with Crippen molar-refractivity contribution >= 4 is 41.1 Å². The molecule has 1 aromatic rings. The molecule has 5 heteroatoms. The van der Waals surface area contributed by atoms with E-state index in [4.69, 9.17) is 23.2 Å². The number of halogens is 2. The quantitative estimate of drug-likeness (QED) is 0.264. The number of Topliss-reactive ketones (excluding diaryl/α,β-unsaturated/α-hetero) is 1. The molecule has 1 fully saturated rings. The van der Waals surface area contributed by atoms with Crippen molar-refractivity contribution in [3.05, 3.63) is 128 Å². The third-order valence-electron chi connectivity index (χ3n) is 10.9. The van der Waals surface area contributed by atoms with Crippen molar-refractivity contribution < 1.29 is 9.90 Å². The number of fused-ring (bicyclic) bond motifs is 5. The first kappa shape index (κ1) is 28.4. The summed E-state index contributed by atoms with van der Waals surface area (Å²) in [7, 11) is 0. The summed E-state index contributed by atoms with van der Waals surface area (Å²) in [6, 6.07) is 6.82. The Labute approximate surface area is 270 Å². The highest BCUT2D eigenvalue weighted by Crippen LogP contribution is 2.57. The second kappa shape index (κ2) is 10.5. The minimum Gasteiger partial charge on any atom is -0.383 e. The van der Waals surface area contributed by atoms with Gasteiger partial charge in [0.05, 0.1) is 11.4 Å². The summed E-state index contributed by atoms with van der Waals surface area (Å²) in [5, 5.41) is 11.7. The van der Waals surface area contributed by atoms with Crippen LogP contribution in [0.2, 0.25) is 0 Å². The number of carbonyl (C=O) groups is 1. The van der Waals surface area contributed by atoms with E-state index in [-0.39, 0.29) is 34.5 Å². The number of allylic oxidation sites excluding steroid dienone is 11. The SMILES string of the molecule is CC1(C)C2=CCCC=C2N(C2=CC=CCC2)C2C=Cc3cc(/C=C4\C(=O)C5=C(C=C6C=C(Cl)C(Cl)CC6C5)C4O)ccc3C21. The van der Waals surface area contributed by atoms with Gasteiger partial charge in [0.25, 0.3) is 0 Å². The molecule has 1 N–H and O–H groups in total. The molecular weight excluding hydrogens is 585 g/mol. The second-order valence-electron chi connectivity index (χ2n) is 13.8. The van der Waals surface area contributed by atoms with Gasteiger partial charge in [-0.1, -0.05) is 80.1 Å². The standard InChI is InChI=1S/C39H37Cl2NO2/c1-39(2)31-10-6-7-11-34(31)42(26-8-4-3-5-9-26)35-15-13-23-16-22(12-14-27(23)36(35)39)17-30-37(43)28-18-24-20-32(40)33(41)21-25(24)19-29(28)38(30)44/h3-4,8,10-18,20,25,33,35-37,43H,5-7,9,19,21H2,1-2H3/b30-17-. The highest BCUT2D eigenvalue weighted by molar-refractivity contribution is 6.37. The van der Waals surface area contributed by atoms with Gasteiger partial charge in [-0.3, -0.25) is 4.79 Å². The van der Waals surface area contributed by atoms with Crippen molar-refractivity contribution in [3.63, 3.8) is 0 Å². The van der Waals surface area contributed by atoms with Crippen molar-refractivity contribution in [1.29, 1.82) is 0 Å². The van der Waals surface area contributed by atoms with Crippen LogP contribution in [-0.4, -0.2) is 33.3 Å². The molecule has 6 aliphatic carbocycles. The fraction of sp³-hybridized carbons (Fsp3) is 0.359. The largest absolute Gasteiger partial charge is 0.383 e. The summed E-state index contributed by atoms with van der Waals surface area (Å²) in [6.07, 6.45) is 26.8. The van der Waals surface area contributed by atoms with Crippen molar-refractivity contribution in [1.82, 2.24) is 4.90 Å². The number of nitrogens with zero attached hydrogens (tertiary/aromatic N) is 1. The van der Waals surface area contributed by atoms with Crippen LogP contribution in [0.15, 0.2) is 111 Å². The Bertz CT molecular complexity index is 1770. The molecule has 0 aromatic heterocycles. The lowest BCUT2D eigenvalue weighted by Gasteiger charge is -2.55. The van der Waals surface area contributed by atoms with Crippen molar-refractivity contribution in [2.45, 2.75) is 75.8 Å². The normalized spacial score (nSPS) is 32.5. The van der Waals surface area contributed by atoms with E-state index in [9.17, 15) is 9.90 Å². The first-order chi connectivity index (χ1) is 21.2. The van der Waals surface area contributed by atoms with E-state index in [1.807, 2.05) is 18.2 Å².